The van der Waals surface area contributed by atoms with E-state index in [4.69, 9.17) is 20.4 Å². The molecule has 1 rings (SSSR count). The zero-order valence-electron chi connectivity index (χ0n) is 17.6. The predicted octanol–water partition coefficient (Wildman–Crippen LogP) is -2.61. The van der Waals surface area contributed by atoms with Crippen molar-refractivity contribution >= 4 is 29.8 Å². The summed E-state index contributed by atoms with van der Waals surface area (Å²) >= 11 is 0. The fourth-order valence-electron chi connectivity index (χ4n) is 3.45. The summed E-state index contributed by atoms with van der Waals surface area (Å²) in [5, 5.41) is 46.1. The molecule has 32 heavy (non-hydrogen) atoms. The summed E-state index contributed by atoms with van der Waals surface area (Å²) in [6.45, 7) is 0.0720. The lowest BCUT2D eigenvalue weighted by molar-refractivity contribution is -0.150. The summed E-state index contributed by atoms with van der Waals surface area (Å²) < 4.78 is 0. The molecule has 1 saturated heterocycles. The van der Waals surface area contributed by atoms with Crippen LogP contribution in [0.3, 0.4) is 0 Å². The van der Waals surface area contributed by atoms with Gasteiger partial charge in [0, 0.05) is 52.4 Å². The van der Waals surface area contributed by atoms with Gasteiger partial charge >= 0.3 is 29.8 Å². The van der Waals surface area contributed by atoms with E-state index in [1.807, 2.05) is 0 Å². The van der Waals surface area contributed by atoms with Crippen LogP contribution in [0.25, 0.3) is 0 Å². The Balaban J connectivity index is 3.11. The number of carbonyl (C=O) groups is 5. The first-order valence-electron chi connectivity index (χ1n) is 9.99. The van der Waals surface area contributed by atoms with Gasteiger partial charge in [0.2, 0.25) is 0 Å². The van der Waals surface area contributed by atoms with Crippen LogP contribution in [0.5, 0.6) is 0 Å². The van der Waals surface area contributed by atoms with Crippen molar-refractivity contribution in [2.75, 3.05) is 72.0 Å². The minimum Gasteiger partial charge on any atom is -0.481 e. The highest BCUT2D eigenvalue weighted by atomic mass is 16.4. The third-order valence-corrected chi connectivity index (χ3v) is 5.04. The lowest BCUT2D eigenvalue weighted by atomic mass is 10.1. The topological polar surface area (TPSA) is 199 Å². The van der Waals surface area contributed by atoms with Crippen LogP contribution in [0.2, 0.25) is 0 Å². The molecule has 14 heteroatoms. The molecule has 1 fully saturated rings. The average Bonchev–Trinajstić information content (AvgIpc) is 2.65. The quantitative estimate of drug-likeness (QED) is 0.226. The fourth-order valence-corrected chi connectivity index (χ4v) is 3.45. The molecule has 0 radical (unpaired) electrons. The molecule has 0 aromatic carbocycles. The molecule has 0 aromatic rings. The average molecular weight is 462 g/mol. The largest absolute Gasteiger partial charge is 0.481 e. The van der Waals surface area contributed by atoms with Gasteiger partial charge in [0.05, 0.1) is 26.1 Å². The van der Waals surface area contributed by atoms with Crippen LogP contribution < -0.4 is 0 Å². The molecule has 0 saturated carbocycles. The number of hydrogen-bond donors (Lipinski definition) is 5. The summed E-state index contributed by atoms with van der Waals surface area (Å²) in [7, 11) is 0. The minimum atomic E-state index is -1.36. The third-order valence-electron chi connectivity index (χ3n) is 5.04. The van der Waals surface area contributed by atoms with E-state index in [2.05, 4.69) is 0 Å². The molecule has 1 aliphatic heterocycles. The Hall–Kier alpha value is -2.81. The van der Waals surface area contributed by atoms with Gasteiger partial charge in [0.15, 0.2) is 0 Å². The van der Waals surface area contributed by atoms with Gasteiger partial charge in [-0.15, -0.1) is 0 Å². The van der Waals surface area contributed by atoms with Crippen molar-refractivity contribution in [2.24, 2.45) is 0 Å². The maximum absolute atomic E-state index is 11.7. The molecule has 1 aliphatic rings. The fraction of sp³-hybridized carbons (Fsp3) is 0.722. The Labute approximate surface area is 184 Å². The lowest BCUT2D eigenvalue weighted by Gasteiger charge is -2.35. The van der Waals surface area contributed by atoms with Crippen LogP contribution in [-0.4, -0.2) is 153 Å². The van der Waals surface area contributed by atoms with Gasteiger partial charge in [-0.25, -0.2) is 0 Å². The van der Waals surface area contributed by atoms with E-state index in [-0.39, 0.29) is 72.0 Å². The van der Waals surface area contributed by atoms with Crippen molar-refractivity contribution < 1.29 is 49.5 Å². The summed E-state index contributed by atoms with van der Waals surface area (Å²) in [5.74, 6) is -5.95. The SMILES string of the molecule is O=C(O)C[C@H](C(=O)O)N1CCN(CC(=O)O)CCN(CC(=O)O)CCN(CC(=O)O)CC1. The normalized spacial score (nSPS) is 19.4. The Morgan fingerprint density at radius 2 is 0.844 bits per heavy atom. The first-order valence-corrected chi connectivity index (χ1v) is 9.99. The van der Waals surface area contributed by atoms with Crippen molar-refractivity contribution in [3.05, 3.63) is 0 Å². The highest BCUT2D eigenvalue weighted by Crippen LogP contribution is 2.08. The summed E-state index contributed by atoms with van der Waals surface area (Å²) in [5.41, 5.74) is 0. The zero-order chi connectivity index (χ0) is 24.3. The van der Waals surface area contributed by atoms with Crippen molar-refractivity contribution in [2.45, 2.75) is 12.5 Å². The molecule has 0 aromatic heterocycles. The number of nitrogens with zero attached hydrogens (tertiary/aromatic N) is 4. The molecule has 0 aliphatic carbocycles. The van der Waals surface area contributed by atoms with Crippen LogP contribution in [0.15, 0.2) is 0 Å². The number of hydrogen-bond acceptors (Lipinski definition) is 9. The second-order valence-corrected chi connectivity index (χ2v) is 7.50. The van der Waals surface area contributed by atoms with Gasteiger partial charge in [-0.05, 0) is 0 Å². The van der Waals surface area contributed by atoms with E-state index >= 15 is 0 Å². The smallest absolute Gasteiger partial charge is 0.321 e. The molecule has 0 amide bonds. The maximum atomic E-state index is 11.7. The Kier molecular flexibility index (Phi) is 11.5. The summed E-state index contributed by atoms with van der Waals surface area (Å²) in [6.07, 6.45) is -0.667. The van der Waals surface area contributed by atoms with Gasteiger partial charge < -0.3 is 25.5 Å². The van der Waals surface area contributed by atoms with E-state index in [0.29, 0.717) is 0 Å². The Bertz CT molecular complexity index is 657. The van der Waals surface area contributed by atoms with Crippen molar-refractivity contribution in [1.29, 1.82) is 0 Å². The number of aliphatic carboxylic acids is 5. The van der Waals surface area contributed by atoms with Crippen LogP contribution in [0.4, 0.5) is 0 Å². The highest BCUT2D eigenvalue weighted by Gasteiger charge is 2.29. The molecular formula is C18H30N4O10. The lowest BCUT2D eigenvalue weighted by Crippen LogP contribution is -2.52. The van der Waals surface area contributed by atoms with Crippen LogP contribution in [0.1, 0.15) is 6.42 Å². The first-order chi connectivity index (χ1) is 15.0. The van der Waals surface area contributed by atoms with E-state index in [1.165, 1.54) is 14.7 Å². The van der Waals surface area contributed by atoms with Gasteiger partial charge in [0.1, 0.15) is 6.04 Å². The second-order valence-electron chi connectivity index (χ2n) is 7.50. The summed E-state index contributed by atoms with van der Waals surface area (Å²) in [4.78, 5) is 62.5. The van der Waals surface area contributed by atoms with Crippen molar-refractivity contribution in [3.8, 4) is 0 Å². The van der Waals surface area contributed by atoms with Crippen molar-refractivity contribution in [1.82, 2.24) is 19.6 Å². The molecule has 1 atom stereocenters. The Morgan fingerprint density at radius 3 is 1.09 bits per heavy atom. The predicted molar refractivity (Wildman–Crippen MR) is 107 cm³/mol. The highest BCUT2D eigenvalue weighted by molar-refractivity contribution is 5.80. The molecule has 5 N–H and O–H groups in total. The maximum Gasteiger partial charge on any atom is 0.321 e. The van der Waals surface area contributed by atoms with E-state index in [0.717, 1.165) is 0 Å². The molecule has 0 unspecified atom stereocenters. The standard InChI is InChI=1S/C18H30N4O10/c23-14(24)9-13(18(31)32)22-7-5-20(11-16(27)28)3-1-19(10-15(25)26)2-4-21(6-8-22)12-17(29)30/h13H,1-12H2,(H,23,24)(H,25,26)(H,27,28)(H,29,30)(H,31,32)/t13-/m1/s1. The van der Waals surface area contributed by atoms with Gasteiger partial charge in [-0.1, -0.05) is 0 Å². The van der Waals surface area contributed by atoms with Crippen molar-refractivity contribution in [3.63, 3.8) is 0 Å². The Morgan fingerprint density at radius 1 is 0.531 bits per heavy atom. The van der Waals surface area contributed by atoms with Gasteiger partial charge in [0.25, 0.3) is 0 Å². The van der Waals surface area contributed by atoms with E-state index in [9.17, 15) is 29.1 Å². The zero-order valence-corrected chi connectivity index (χ0v) is 17.6. The number of carboxylic acid groups (broad SMARTS) is 5. The van der Waals surface area contributed by atoms with Crippen LogP contribution in [0, 0.1) is 0 Å². The minimum absolute atomic E-state index is 0.0391. The third kappa shape index (κ3) is 11.0. The molecule has 0 bridgehead atoms. The first kappa shape index (κ1) is 27.2. The molecule has 182 valence electrons. The van der Waals surface area contributed by atoms with E-state index < -0.39 is 42.3 Å². The second kappa shape index (κ2) is 13.6. The molecule has 14 nitrogen and oxygen atoms in total. The number of rotatable bonds is 10. The van der Waals surface area contributed by atoms with E-state index in [1.54, 1.807) is 4.90 Å². The molecular weight excluding hydrogens is 432 g/mol. The van der Waals surface area contributed by atoms with Gasteiger partial charge in [-0.3, -0.25) is 43.6 Å². The van der Waals surface area contributed by atoms with Crippen LogP contribution in [-0.2, 0) is 24.0 Å². The van der Waals surface area contributed by atoms with Crippen LogP contribution >= 0.6 is 0 Å². The molecule has 1 heterocycles. The number of carboxylic acids is 5. The summed E-state index contributed by atoms with van der Waals surface area (Å²) in [6, 6.07) is -1.36. The molecule has 0 spiro atoms. The monoisotopic (exact) mass is 462 g/mol. The van der Waals surface area contributed by atoms with Gasteiger partial charge in [-0.2, -0.15) is 0 Å².